The maximum Gasteiger partial charge on any atom is 0.317 e. The third-order valence-electron chi connectivity index (χ3n) is 3.01. The van der Waals surface area contributed by atoms with Crippen LogP contribution in [0, 0.1) is 0 Å². The number of aliphatic hydroxyl groups excluding tert-OH is 1. The highest BCUT2D eigenvalue weighted by Crippen LogP contribution is 2.17. The van der Waals surface area contributed by atoms with Gasteiger partial charge in [0.1, 0.15) is 12.1 Å². The fourth-order valence-corrected chi connectivity index (χ4v) is 1.94. The molecule has 2 rings (SSSR count). The standard InChI is InChI=1S/C15H16N4O4/c16-7-10(15(23)17-8-13(21)22)14-18-11(6-12(20)19-14)9-4-2-1-3-5-9/h1-7,15,17,23H,8,16H2,(H,21,22)(H,18,19,20)/b10-7+. The Morgan fingerprint density at radius 2 is 2.09 bits per heavy atom. The number of carboxylic acid groups (broad SMARTS) is 1. The molecule has 1 heterocycles. The lowest BCUT2D eigenvalue weighted by Gasteiger charge is -2.15. The molecule has 2 aromatic rings. The van der Waals surface area contributed by atoms with Gasteiger partial charge in [-0.3, -0.25) is 14.9 Å². The number of aliphatic hydroxyl groups is 1. The van der Waals surface area contributed by atoms with Crippen molar-refractivity contribution in [2.75, 3.05) is 6.54 Å². The highest BCUT2D eigenvalue weighted by molar-refractivity contribution is 5.70. The van der Waals surface area contributed by atoms with Crippen LogP contribution < -0.4 is 16.6 Å². The van der Waals surface area contributed by atoms with Gasteiger partial charge >= 0.3 is 5.97 Å². The number of hydrogen-bond donors (Lipinski definition) is 5. The predicted octanol–water partition coefficient (Wildman–Crippen LogP) is -0.271. The molecule has 0 spiro atoms. The summed E-state index contributed by atoms with van der Waals surface area (Å²) in [5.74, 6) is -1.08. The molecule has 0 aliphatic heterocycles. The Kier molecular flexibility index (Phi) is 5.23. The molecule has 0 radical (unpaired) electrons. The topological polar surface area (TPSA) is 141 Å². The van der Waals surface area contributed by atoms with Crippen molar-refractivity contribution in [3.05, 3.63) is 58.8 Å². The molecule has 1 aromatic carbocycles. The van der Waals surface area contributed by atoms with E-state index in [4.69, 9.17) is 10.8 Å². The lowest BCUT2D eigenvalue weighted by Crippen LogP contribution is -2.35. The molecule has 0 aliphatic rings. The average molecular weight is 316 g/mol. The number of aromatic nitrogens is 2. The van der Waals surface area contributed by atoms with Crippen LogP contribution in [-0.4, -0.2) is 38.9 Å². The molecule has 1 atom stereocenters. The van der Waals surface area contributed by atoms with Gasteiger partial charge in [-0.2, -0.15) is 0 Å². The van der Waals surface area contributed by atoms with Crippen molar-refractivity contribution in [2.45, 2.75) is 6.23 Å². The van der Waals surface area contributed by atoms with Crippen LogP contribution in [0.15, 0.2) is 47.4 Å². The minimum Gasteiger partial charge on any atom is -0.480 e. The van der Waals surface area contributed by atoms with Gasteiger partial charge in [-0.15, -0.1) is 0 Å². The van der Waals surface area contributed by atoms with Gasteiger partial charge in [0.2, 0.25) is 0 Å². The first-order chi connectivity index (χ1) is 11.0. The summed E-state index contributed by atoms with van der Waals surface area (Å²) < 4.78 is 0. The Bertz CT molecular complexity index is 771. The first kappa shape index (κ1) is 16.4. The van der Waals surface area contributed by atoms with E-state index in [0.29, 0.717) is 5.69 Å². The summed E-state index contributed by atoms with van der Waals surface area (Å²) in [4.78, 5) is 29.1. The number of carbonyl (C=O) groups is 1. The maximum atomic E-state index is 11.8. The minimum atomic E-state index is -1.38. The molecular weight excluding hydrogens is 300 g/mol. The molecule has 0 amide bonds. The van der Waals surface area contributed by atoms with E-state index < -0.39 is 24.3 Å². The summed E-state index contributed by atoms with van der Waals surface area (Å²) in [5.41, 5.74) is 6.27. The fourth-order valence-electron chi connectivity index (χ4n) is 1.94. The molecule has 6 N–H and O–H groups in total. The van der Waals surface area contributed by atoms with E-state index >= 15 is 0 Å². The van der Waals surface area contributed by atoms with Crippen molar-refractivity contribution in [3.8, 4) is 11.3 Å². The molecule has 0 aliphatic carbocycles. The molecule has 1 unspecified atom stereocenters. The van der Waals surface area contributed by atoms with Crippen LogP contribution in [0.1, 0.15) is 5.82 Å². The van der Waals surface area contributed by atoms with E-state index in [1.165, 1.54) is 6.07 Å². The second kappa shape index (κ2) is 7.34. The molecule has 1 aromatic heterocycles. The second-order valence-corrected chi connectivity index (χ2v) is 4.64. The van der Waals surface area contributed by atoms with Crippen LogP contribution in [0.5, 0.6) is 0 Å². The van der Waals surface area contributed by atoms with Gasteiger partial charge in [0.05, 0.1) is 17.8 Å². The highest BCUT2D eigenvalue weighted by Gasteiger charge is 2.17. The van der Waals surface area contributed by atoms with Crippen molar-refractivity contribution in [1.29, 1.82) is 0 Å². The average Bonchev–Trinajstić information content (AvgIpc) is 2.54. The van der Waals surface area contributed by atoms with Crippen LogP contribution in [0.3, 0.4) is 0 Å². The zero-order chi connectivity index (χ0) is 16.8. The SMILES string of the molecule is N/C=C(\c1nc(-c2ccccc2)cc(=O)[nH]1)C(O)NCC(=O)O. The molecule has 0 bridgehead atoms. The highest BCUT2D eigenvalue weighted by atomic mass is 16.4. The monoisotopic (exact) mass is 316 g/mol. The summed E-state index contributed by atoms with van der Waals surface area (Å²) >= 11 is 0. The van der Waals surface area contributed by atoms with Crippen LogP contribution in [-0.2, 0) is 4.79 Å². The Balaban J connectivity index is 2.36. The number of nitrogens with two attached hydrogens (primary N) is 1. The second-order valence-electron chi connectivity index (χ2n) is 4.64. The lowest BCUT2D eigenvalue weighted by atomic mass is 10.1. The lowest BCUT2D eigenvalue weighted by molar-refractivity contribution is -0.136. The van der Waals surface area contributed by atoms with E-state index in [0.717, 1.165) is 11.8 Å². The van der Waals surface area contributed by atoms with Gasteiger partial charge in [-0.1, -0.05) is 30.3 Å². The molecular formula is C15H16N4O4. The molecule has 0 fully saturated rings. The van der Waals surface area contributed by atoms with Crippen molar-refractivity contribution in [2.24, 2.45) is 5.73 Å². The maximum absolute atomic E-state index is 11.8. The quantitative estimate of drug-likeness (QED) is 0.462. The number of hydrogen-bond acceptors (Lipinski definition) is 6. The minimum absolute atomic E-state index is 0.0595. The molecule has 0 saturated carbocycles. The smallest absolute Gasteiger partial charge is 0.317 e. The van der Waals surface area contributed by atoms with Crippen molar-refractivity contribution in [3.63, 3.8) is 0 Å². The molecule has 0 saturated heterocycles. The molecule has 8 nitrogen and oxygen atoms in total. The Labute approximate surface area is 131 Å². The normalized spacial score (nSPS) is 12.8. The summed E-state index contributed by atoms with van der Waals surface area (Å²) in [6, 6.07) is 10.3. The van der Waals surface area contributed by atoms with Gasteiger partial charge in [0.25, 0.3) is 5.56 Å². The predicted molar refractivity (Wildman–Crippen MR) is 84.1 cm³/mol. The van der Waals surface area contributed by atoms with E-state index in [1.54, 1.807) is 24.3 Å². The fraction of sp³-hybridized carbons (Fsp3) is 0.133. The first-order valence-electron chi connectivity index (χ1n) is 6.73. The van der Waals surface area contributed by atoms with Gasteiger partial charge < -0.3 is 20.9 Å². The molecule has 120 valence electrons. The summed E-state index contributed by atoms with van der Waals surface area (Å²) in [6.07, 6.45) is -0.322. The third-order valence-corrected chi connectivity index (χ3v) is 3.01. The van der Waals surface area contributed by atoms with Crippen LogP contribution in [0.25, 0.3) is 16.8 Å². The number of H-pyrrole nitrogens is 1. The number of aliphatic carboxylic acids is 1. The molecule has 8 heteroatoms. The van der Waals surface area contributed by atoms with Gasteiger partial charge in [0, 0.05) is 17.8 Å². The Morgan fingerprint density at radius 1 is 1.39 bits per heavy atom. The Hall–Kier alpha value is -2.97. The third kappa shape index (κ3) is 4.25. The number of benzene rings is 1. The number of rotatable bonds is 6. The van der Waals surface area contributed by atoms with Crippen LogP contribution in [0.2, 0.25) is 0 Å². The van der Waals surface area contributed by atoms with Gasteiger partial charge in [-0.25, -0.2) is 4.98 Å². The zero-order valence-electron chi connectivity index (χ0n) is 12.1. The van der Waals surface area contributed by atoms with Crippen LogP contribution in [0.4, 0.5) is 0 Å². The van der Waals surface area contributed by atoms with Crippen molar-refractivity contribution in [1.82, 2.24) is 15.3 Å². The Morgan fingerprint density at radius 3 is 2.70 bits per heavy atom. The van der Waals surface area contributed by atoms with E-state index in [1.807, 2.05) is 6.07 Å². The molecule has 23 heavy (non-hydrogen) atoms. The summed E-state index contributed by atoms with van der Waals surface area (Å²) in [7, 11) is 0. The van der Waals surface area contributed by atoms with Crippen molar-refractivity contribution >= 4 is 11.5 Å². The van der Waals surface area contributed by atoms with E-state index in [2.05, 4.69) is 15.3 Å². The number of carboxylic acids is 1. The van der Waals surface area contributed by atoms with Crippen molar-refractivity contribution < 1.29 is 15.0 Å². The number of aromatic amines is 1. The summed E-state index contributed by atoms with van der Waals surface area (Å²) in [6.45, 7) is -0.471. The summed E-state index contributed by atoms with van der Waals surface area (Å²) in [5, 5.41) is 21.0. The zero-order valence-corrected chi connectivity index (χ0v) is 12.1. The van der Waals surface area contributed by atoms with Crippen LogP contribution >= 0.6 is 0 Å². The van der Waals surface area contributed by atoms with Gasteiger partial charge in [0.15, 0.2) is 0 Å². The largest absolute Gasteiger partial charge is 0.480 e. The number of nitrogens with zero attached hydrogens (tertiary/aromatic N) is 1. The number of nitrogens with one attached hydrogen (secondary N) is 2. The van der Waals surface area contributed by atoms with E-state index in [-0.39, 0.29) is 11.4 Å². The first-order valence-corrected chi connectivity index (χ1v) is 6.73. The van der Waals surface area contributed by atoms with Gasteiger partial charge in [-0.05, 0) is 0 Å². The van der Waals surface area contributed by atoms with E-state index in [9.17, 15) is 14.7 Å².